The number of halogens is 1. The summed E-state index contributed by atoms with van der Waals surface area (Å²) in [5.41, 5.74) is 4.55. The molecule has 1 saturated heterocycles. The minimum atomic E-state index is -2.05. The first-order valence-electron chi connectivity index (χ1n) is 14.4. The van der Waals surface area contributed by atoms with Gasteiger partial charge in [-0.1, -0.05) is 47.7 Å². The highest BCUT2D eigenvalue weighted by Gasteiger charge is 2.46. The number of carbonyl (C=O) groups excluding carboxylic acids is 4. The van der Waals surface area contributed by atoms with Crippen LogP contribution >= 0.6 is 0 Å². The fourth-order valence-electron chi connectivity index (χ4n) is 5.34. The van der Waals surface area contributed by atoms with Gasteiger partial charge in [0.2, 0.25) is 17.7 Å². The summed E-state index contributed by atoms with van der Waals surface area (Å²) < 4.78 is 24.6. The Labute approximate surface area is 256 Å². The summed E-state index contributed by atoms with van der Waals surface area (Å²) in [6, 6.07) is 13.6. The lowest BCUT2D eigenvalue weighted by molar-refractivity contribution is -0.242. The lowest BCUT2D eigenvalue weighted by Crippen LogP contribution is -2.62. The smallest absolute Gasteiger partial charge is 0.306 e. The number of nitrogens with one attached hydrogen (secondary N) is 3. The highest BCUT2D eigenvalue weighted by molar-refractivity contribution is 6.00. The van der Waals surface area contributed by atoms with Crippen molar-refractivity contribution in [3.8, 4) is 22.5 Å². The zero-order valence-corrected chi connectivity index (χ0v) is 24.3. The molecule has 1 unspecified atom stereocenters. The van der Waals surface area contributed by atoms with E-state index in [0.29, 0.717) is 11.4 Å². The van der Waals surface area contributed by atoms with Crippen LogP contribution in [0.25, 0.3) is 22.5 Å². The van der Waals surface area contributed by atoms with E-state index in [-0.39, 0.29) is 38.3 Å². The molecule has 5 N–H and O–H groups in total. The highest BCUT2D eigenvalue weighted by atomic mass is 19.1. The van der Waals surface area contributed by atoms with Crippen LogP contribution in [0.2, 0.25) is 0 Å². The molecule has 0 radical (unpaired) electrons. The Bertz CT molecular complexity index is 1570. The second-order valence-corrected chi connectivity index (χ2v) is 10.7. The summed E-state index contributed by atoms with van der Waals surface area (Å²) >= 11 is 0. The number of carbonyl (C=O) groups is 4. The van der Waals surface area contributed by atoms with Crippen LogP contribution in [-0.4, -0.2) is 93.2 Å². The first-order valence-corrected chi connectivity index (χ1v) is 14.4. The molecule has 2 aliphatic heterocycles. The van der Waals surface area contributed by atoms with Gasteiger partial charge in [0.1, 0.15) is 30.6 Å². The third kappa shape index (κ3) is 7.16. The van der Waals surface area contributed by atoms with Crippen LogP contribution < -0.4 is 15.5 Å². The Balaban J connectivity index is 1.11. The average Bonchev–Trinajstić information content (AvgIpc) is 3.50. The van der Waals surface area contributed by atoms with E-state index in [2.05, 4.69) is 26.0 Å². The van der Waals surface area contributed by atoms with Crippen LogP contribution in [-0.2, 0) is 35.2 Å². The van der Waals surface area contributed by atoms with Crippen molar-refractivity contribution in [2.24, 2.45) is 0 Å². The van der Waals surface area contributed by atoms with Gasteiger partial charge in [-0.05, 0) is 11.6 Å². The molecule has 3 aromatic rings. The summed E-state index contributed by atoms with van der Waals surface area (Å²) in [5.74, 6) is -2.15. The number of ether oxygens (including phenoxy) is 2. The van der Waals surface area contributed by atoms with Crippen LogP contribution in [0.1, 0.15) is 31.7 Å². The molecule has 45 heavy (non-hydrogen) atoms. The molecule has 238 valence electrons. The number of aromatic amines is 1. The standard InChI is InChI=1S/C30H33FN6O8/c1-16(38)33-28-29(42)25(31)21(45-30(28)43)15-44-24(41)11-10-22(39)32-13-12-23(40)37-14-17-6-2-3-7-18(17)26-27(35-36-34-26)19-8-4-5-9-20(19)37/h2-9,21,25,28-30,42-43H,10-15H2,1H3,(H,32,39)(H,33,38)(H,34,35,36)/t21-,25-,28-,29+,30?/m1/s1. The molecule has 0 saturated carbocycles. The van der Waals surface area contributed by atoms with Gasteiger partial charge < -0.3 is 35.2 Å². The number of esters is 1. The molecule has 1 fully saturated rings. The minimum Gasteiger partial charge on any atom is -0.463 e. The zero-order valence-electron chi connectivity index (χ0n) is 24.3. The number of nitrogens with zero attached hydrogens (tertiary/aromatic N) is 3. The number of rotatable bonds is 9. The number of anilines is 1. The maximum absolute atomic E-state index is 14.5. The highest BCUT2D eigenvalue weighted by Crippen LogP contribution is 2.39. The zero-order chi connectivity index (χ0) is 32.1. The van der Waals surface area contributed by atoms with E-state index in [1.165, 1.54) is 0 Å². The van der Waals surface area contributed by atoms with Crippen molar-refractivity contribution in [3.05, 3.63) is 54.1 Å². The molecule has 1 aromatic heterocycles. The van der Waals surface area contributed by atoms with Gasteiger partial charge >= 0.3 is 5.97 Å². The SMILES string of the molecule is CC(=O)N[C@H]1C(O)O[C@H](COC(=O)CCC(=O)NCCC(=O)N2Cc3ccccc3-c3[nH]nnc3-c3ccccc32)[C@@H](F)[C@@H]1O. The van der Waals surface area contributed by atoms with Crippen molar-refractivity contribution < 1.29 is 43.3 Å². The second kappa shape index (κ2) is 13.9. The van der Waals surface area contributed by atoms with Crippen LogP contribution in [0.5, 0.6) is 0 Å². The van der Waals surface area contributed by atoms with Crippen molar-refractivity contribution in [1.29, 1.82) is 0 Å². The van der Waals surface area contributed by atoms with E-state index in [0.717, 1.165) is 29.3 Å². The third-order valence-electron chi connectivity index (χ3n) is 7.58. The van der Waals surface area contributed by atoms with E-state index in [1.807, 2.05) is 48.5 Å². The van der Waals surface area contributed by atoms with Crippen LogP contribution in [0.4, 0.5) is 10.1 Å². The van der Waals surface area contributed by atoms with Crippen molar-refractivity contribution in [2.45, 2.75) is 63.4 Å². The molecule has 2 aromatic carbocycles. The number of alkyl halides is 1. The van der Waals surface area contributed by atoms with Gasteiger partial charge in [-0.2, -0.15) is 0 Å². The molecule has 5 rings (SSSR count). The maximum Gasteiger partial charge on any atom is 0.306 e. The molecule has 0 spiro atoms. The summed E-state index contributed by atoms with van der Waals surface area (Å²) in [6.45, 7) is 0.828. The van der Waals surface area contributed by atoms with Gasteiger partial charge in [-0.15, -0.1) is 5.10 Å². The number of aromatic nitrogens is 3. The fraction of sp³-hybridized carbons (Fsp3) is 0.400. The van der Waals surface area contributed by atoms with E-state index in [9.17, 15) is 33.8 Å². The summed E-state index contributed by atoms with van der Waals surface area (Å²) in [5, 5.41) is 36.1. The lowest BCUT2D eigenvalue weighted by Gasteiger charge is -2.39. The van der Waals surface area contributed by atoms with E-state index in [4.69, 9.17) is 9.47 Å². The number of H-pyrrole nitrogens is 1. The molecule has 14 nitrogen and oxygen atoms in total. The van der Waals surface area contributed by atoms with Crippen LogP contribution in [0, 0.1) is 0 Å². The van der Waals surface area contributed by atoms with Gasteiger partial charge in [-0.3, -0.25) is 24.3 Å². The molecule has 0 aliphatic carbocycles. The molecule has 3 amide bonds. The Hall–Kier alpha value is -4.73. The first kappa shape index (κ1) is 31.7. The summed E-state index contributed by atoms with van der Waals surface area (Å²) in [6.07, 6.45) is -7.61. The van der Waals surface area contributed by atoms with Gasteiger partial charge in [0, 0.05) is 37.4 Å². The molecule has 2 aliphatic rings. The molecular formula is C30H33FN6O8. The third-order valence-corrected chi connectivity index (χ3v) is 7.58. The summed E-state index contributed by atoms with van der Waals surface area (Å²) in [4.78, 5) is 50.9. The van der Waals surface area contributed by atoms with Crippen molar-refractivity contribution in [2.75, 3.05) is 18.1 Å². The van der Waals surface area contributed by atoms with E-state index < -0.39 is 55.1 Å². The Morgan fingerprint density at radius 3 is 2.58 bits per heavy atom. The Morgan fingerprint density at radius 2 is 1.80 bits per heavy atom. The molecule has 15 heteroatoms. The Morgan fingerprint density at radius 1 is 1.07 bits per heavy atom. The lowest BCUT2D eigenvalue weighted by atomic mass is 9.96. The quantitative estimate of drug-likeness (QED) is 0.212. The second-order valence-electron chi connectivity index (χ2n) is 10.7. The number of aliphatic hydroxyl groups is 2. The van der Waals surface area contributed by atoms with E-state index >= 15 is 0 Å². The number of fused-ring (bicyclic) bond motifs is 5. The van der Waals surface area contributed by atoms with Crippen molar-refractivity contribution in [1.82, 2.24) is 26.0 Å². The summed E-state index contributed by atoms with van der Waals surface area (Å²) in [7, 11) is 0. The fourth-order valence-corrected chi connectivity index (χ4v) is 5.34. The van der Waals surface area contributed by atoms with Gasteiger partial charge in [0.05, 0.1) is 24.3 Å². The minimum absolute atomic E-state index is 0.0145. The molecule has 0 bridgehead atoms. The number of benzene rings is 2. The number of amides is 3. The van der Waals surface area contributed by atoms with Gasteiger partial charge in [-0.25, -0.2) is 4.39 Å². The number of hydrogen-bond acceptors (Lipinski definition) is 10. The van der Waals surface area contributed by atoms with Gasteiger partial charge in [0.25, 0.3) is 0 Å². The monoisotopic (exact) mass is 624 g/mol. The molecule has 5 atom stereocenters. The first-order chi connectivity index (χ1) is 21.6. The maximum atomic E-state index is 14.5. The largest absolute Gasteiger partial charge is 0.463 e. The number of para-hydroxylation sites is 1. The van der Waals surface area contributed by atoms with Crippen LogP contribution in [0.15, 0.2) is 48.5 Å². The Kier molecular flexibility index (Phi) is 9.80. The number of aliphatic hydroxyl groups excluding tert-OH is 2. The van der Waals surface area contributed by atoms with Crippen molar-refractivity contribution >= 4 is 29.4 Å². The van der Waals surface area contributed by atoms with Crippen molar-refractivity contribution in [3.63, 3.8) is 0 Å². The topological polar surface area (TPSA) is 196 Å². The molecule has 3 heterocycles. The number of hydrogen-bond donors (Lipinski definition) is 5. The predicted molar refractivity (Wildman–Crippen MR) is 156 cm³/mol. The van der Waals surface area contributed by atoms with Gasteiger partial charge in [0.15, 0.2) is 12.5 Å². The normalized spacial score (nSPS) is 22.1. The predicted octanol–water partition coefficient (Wildman–Crippen LogP) is 0.736. The molecular weight excluding hydrogens is 591 g/mol. The average molecular weight is 625 g/mol. The van der Waals surface area contributed by atoms with Crippen LogP contribution in [0.3, 0.4) is 0 Å². The van der Waals surface area contributed by atoms with E-state index in [1.54, 1.807) is 4.90 Å².